The van der Waals surface area contributed by atoms with Gasteiger partial charge in [-0.2, -0.15) is 0 Å². The van der Waals surface area contributed by atoms with E-state index >= 15 is 0 Å². The van der Waals surface area contributed by atoms with Crippen LogP contribution in [-0.4, -0.2) is 12.5 Å². The average Bonchev–Trinajstić information content (AvgIpc) is 2.69. The highest BCUT2D eigenvalue weighted by Gasteiger charge is 2.29. The topological polar surface area (TPSA) is 41.1 Å². The number of hydrogen-bond donors (Lipinski definition) is 2. The first-order valence-electron chi connectivity index (χ1n) is 3.87. The fourth-order valence-corrected chi connectivity index (χ4v) is 0.722. The molecule has 1 aliphatic rings. The van der Waals surface area contributed by atoms with Crippen LogP contribution in [0.4, 0.5) is 0 Å². The number of hydrazine groups is 1. The van der Waals surface area contributed by atoms with Gasteiger partial charge in [0.25, 0.3) is 0 Å². The lowest BCUT2D eigenvalue weighted by molar-refractivity contribution is -0.123. The van der Waals surface area contributed by atoms with Gasteiger partial charge in [0.05, 0.1) is 0 Å². The highest BCUT2D eigenvalue weighted by atomic mass is 16.2. The molecule has 1 fully saturated rings. The summed E-state index contributed by atoms with van der Waals surface area (Å²) >= 11 is 0. The first-order chi connectivity index (χ1) is 4.84. The van der Waals surface area contributed by atoms with Crippen LogP contribution < -0.4 is 10.9 Å². The molecule has 3 nitrogen and oxygen atoms in total. The van der Waals surface area contributed by atoms with Gasteiger partial charge in [-0.15, -0.1) is 0 Å². The van der Waals surface area contributed by atoms with Gasteiger partial charge in [-0.1, -0.05) is 6.92 Å². The Kier molecular flexibility index (Phi) is 2.68. The van der Waals surface area contributed by atoms with Crippen molar-refractivity contribution in [1.29, 1.82) is 0 Å². The zero-order valence-electron chi connectivity index (χ0n) is 6.31. The Labute approximate surface area is 61.2 Å². The van der Waals surface area contributed by atoms with Gasteiger partial charge in [-0.3, -0.25) is 10.2 Å². The van der Waals surface area contributed by atoms with Crippen molar-refractivity contribution in [3.63, 3.8) is 0 Å². The van der Waals surface area contributed by atoms with E-state index < -0.39 is 0 Å². The Morgan fingerprint density at radius 2 is 2.30 bits per heavy atom. The molecule has 0 aromatic heterocycles. The Bertz CT molecular complexity index is 121. The lowest BCUT2D eigenvalue weighted by atomic mass is 10.4. The molecule has 1 saturated carbocycles. The quantitative estimate of drug-likeness (QED) is 0.441. The maximum atomic E-state index is 10.9. The van der Waals surface area contributed by atoms with Crippen LogP contribution in [0.15, 0.2) is 0 Å². The highest BCUT2D eigenvalue weighted by Crippen LogP contribution is 2.28. The molecule has 0 radical (unpaired) electrons. The summed E-state index contributed by atoms with van der Waals surface area (Å²) in [5.41, 5.74) is 5.51. The Balaban J connectivity index is 1.95. The third kappa shape index (κ3) is 2.35. The second kappa shape index (κ2) is 3.56. The van der Waals surface area contributed by atoms with E-state index in [1.54, 1.807) is 0 Å². The predicted octanol–water partition coefficient (Wildman–Crippen LogP) is 0.427. The van der Waals surface area contributed by atoms with E-state index in [-0.39, 0.29) is 5.91 Å². The molecule has 1 rings (SSSR count). The maximum Gasteiger partial charge on any atom is 0.237 e. The van der Waals surface area contributed by atoms with Crippen LogP contribution in [0.2, 0.25) is 0 Å². The Morgan fingerprint density at radius 3 is 2.80 bits per heavy atom. The zero-order chi connectivity index (χ0) is 7.40. The molecule has 0 bridgehead atoms. The summed E-state index contributed by atoms with van der Waals surface area (Å²) < 4.78 is 0. The lowest BCUT2D eigenvalue weighted by Gasteiger charge is -2.03. The van der Waals surface area contributed by atoms with Crippen LogP contribution in [0.1, 0.15) is 26.2 Å². The van der Waals surface area contributed by atoms with Crippen molar-refractivity contribution in [3.05, 3.63) is 0 Å². The third-order valence-electron chi connectivity index (χ3n) is 1.53. The van der Waals surface area contributed by atoms with Crippen LogP contribution in [0.3, 0.4) is 0 Å². The van der Waals surface area contributed by atoms with Crippen LogP contribution in [0.25, 0.3) is 0 Å². The molecule has 2 N–H and O–H groups in total. The summed E-state index contributed by atoms with van der Waals surface area (Å²) in [4.78, 5) is 10.9. The number of carbonyl (C=O) groups excluding carboxylic acids is 1. The summed E-state index contributed by atoms with van der Waals surface area (Å²) in [7, 11) is 0. The molecule has 0 unspecified atom stereocenters. The molecule has 10 heavy (non-hydrogen) atoms. The molecule has 0 aromatic carbocycles. The fraction of sp³-hybridized carbons (Fsp3) is 0.857. The van der Waals surface area contributed by atoms with Crippen LogP contribution in [-0.2, 0) is 4.79 Å². The minimum absolute atomic E-state index is 0.161. The van der Waals surface area contributed by atoms with E-state index in [9.17, 15) is 4.79 Å². The van der Waals surface area contributed by atoms with Gasteiger partial charge in [0.2, 0.25) is 5.91 Å². The average molecular weight is 142 g/mol. The predicted molar refractivity (Wildman–Crippen MR) is 39.2 cm³/mol. The smallest absolute Gasteiger partial charge is 0.237 e. The van der Waals surface area contributed by atoms with Crippen molar-refractivity contribution in [2.24, 2.45) is 5.92 Å². The van der Waals surface area contributed by atoms with Crippen molar-refractivity contribution in [2.75, 3.05) is 6.54 Å². The minimum Gasteiger partial charge on any atom is -0.291 e. The number of rotatable bonds is 4. The maximum absolute atomic E-state index is 10.9. The van der Waals surface area contributed by atoms with Gasteiger partial charge in [-0.25, -0.2) is 5.43 Å². The molecule has 0 aliphatic heterocycles. The van der Waals surface area contributed by atoms with E-state index in [1.807, 2.05) is 0 Å². The normalized spacial score (nSPS) is 16.9. The van der Waals surface area contributed by atoms with Crippen molar-refractivity contribution in [1.82, 2.24) is 10.9 Å². The first-order valence-corrected chi connectivity index (χ1v) is 3.87. The van der Waals surface area contributed by atoms with Crippen LogP contribution >= 0.6 is 0 Å². The van der Waals surface area contributed by atoms with Crippen molar-refractivity contribution >= 4 is 5.91 Å². The van der Waals surface area contributed by atoms with Gasteiger partial charge >= 0.3 is 0 Å². The summed E-state index contributed by atoms with van der Waals surface area (Å²) in [6.45, 7) is 2.93. The number of carbonyl (C=O) groups is 1. The van der Waals surface area contributed by atoms with E-state index in [0.717, 1.165) is 25.8 Å². The van der Waals surface area contributed by atoms with Crippen molar-refractivity contribution in [3.8, 4) is 0 Å². The number of amides is 1. The van der Waals surface area contributed by atoms with E-state index in [0.29, 0.717) is 5.92 Å². The van der Waals surface area contributed by atoms with Gasteiger partial charge < -0.3 is 0 Å². The molecule has 0 atom stereocenters. The van der Waals surface area contributed by atoms with Crippen LogP contribution in [0.5, 0.6) is 0 Å². The van der Waals surface area contributed by atoms with E-state index in [4.69, 9.17) is 0 Å². The van der Waals surface area contributed by atoms with Gasteiger partial charge in [0.15, 0.2) is 0 Å². The SMILES string of the molecule is CCCNNC(=O)C1CC1. The molecule has 0 heterocycles. The van der Waals surface area contributed by atoms with Crippen LogP contribution in [0, 0.1) is 5.92 Å². The largest absolute Gasteiger partial charge is 0.291 e. The van der Waals surface area contributed by atoms with E-state index in [1.165, 1.54) is 0 Å². The Morgan fingerprint density at radius 1 is 1.60 bits per heavy atom. The summed E-state index contributed by atoms with van der Waals surface area (Å²) in [5, 5.41) is 0. The Hall–Kier alpha value is -0.570. The monoisotopic (exact) mass is 142 g/mol. The fourth-order valence-electron chi connectivity index (χ4n) is 0.722. The van der Waals surface area contributed by atoms with Gasteiger partial charge in [-0.05, 0) is 19.3 Å². The molecule has 0 aromatic rings. The highest BCUT2D eigenvalue weighted by molar-refractivity contribution is 5.80. The zero-order valence-corrected chi connectivity index (χ0v) is 6.31. The van der Waals surface area contributed by atoms with Gasteiger partial charge in [0.1, 0.15) is 0 Å². The summed E-state index contributed by atoms with van der Waals surface area (Å²) in [6.07, 6.45) is 3.18. The number of nitrogens with one attached hydrogen (secondary N) is 2. The number of hydrogen-bond acceptors (Lipinski definition) is 2. The third-order valence-corrected chi connectivity index (χ3v) is 1.53. The molecule has 3 heteroatoms. The van der Waals surface area contributed by atoms with Crippen molar-refractivity contribution < 1.29 is 4.79 Å². The summed E-state index contributed by atoms with van der Waals surface area (Å²) in [6, 6.07) is 0. The molecule has 1 amide bonds. The van der Waals surface area contributed by atoms with Crippen molar-refractivity contribution in [2.45, 2.75) is 26.2 Å². The van der Waals surface area contributed by atoms with E-state index in [2.05, 4.69) is 17.8 Å². The standard InChI is InChI=1S/C7H14N2O/c1-2-5-8-9-7(10)6-3-4-6/h6,8H,2-5H2,1H3,(H,9,10). The second-order valence-corrected chi connectivity index (χ2v) is 2.69. The molecule has 0 spiro atoms. The first kappa shape index (κ1) is 7.54. The van der Waals surface area contributed by atoms with Gasteiger partial charge in [0, 0.05) is 12.5 Å². The molecule has 1 aliphatic carbocycles. The molecule has 58 valence electrons. The second-order valence-electron chi connectivity index (χ2n) is 2.69. The minimum atomic E-state index is 0.161. The molecular weight excluding hydrogens is 128 g/mol. The molecular formula is C7H14N2O. The lowest BCUT2D eigenvalue weighted by Crippen LogP contribution is -2.38. The summed E-state index contributed by atoms with van der Waals surface area (Å²) in [5.74, 6) is 0.470. The molecule has 0 saturated heterocycles.